The lowest BCUT2D eigenvalue weighted by molar-refractivity contribution is -0.137. The number of alkyl halides is 3. The van der Waals surface area contributed by atoms with E-state index in [2.05, 4.69) is 25.4 Å². The van der Waals surface area contributed by atoms with E-state index in [0.717, 1.165) is 16.6 Å². The van der Waals surface area contributed by atoms with Gasteiger partial charge in [0.1, 0.15) is 18.6 Å². The van der Waals surface area contributed by atoms with Crippen LogP contribution in [0, 0.1) is 6.92 Å². The van der Waals surface area contributed by atoms with Crippen molar-refractivity contribution in [1.82, 2.24) is 34.0 Å². The van der Waals surface area contributed by atoms with Gasteiger partial charge in [0, 0.05) is 19.1 Å². The number of carbonyl (C=O) groups is 2. The second-order valence-corrected chi connectivity index (χ2v) is 13.7. The minimum absolute atomic E-state index is 0.00300. The van der Waals surface area contributed by atoms with Crippen LogP contribution in [0.1, 0.15) is 72.3 Å². The molecule has 54 heavy (non-hydrogen) atoms. The number of allylic oxidation sites excluding steroid dienone is 3. The lowest BCUT2D eigenvalue weighted by atomic mass is 9.81. The molecule has 0 radical (unpaired) electrons. The number of anilines is 2. The number of carbonyl (C=O) groups excluding carboxylic acids is 2. The van der Waals surface area contributed by atoms with Crippen LogP contribution in [-0.4, -0.2) is 76.1 Å². The molecule has 0 unspecified atom stereocenters. The maximum atomic E-state index is 14.5. The molecule has 1 aromatic carbocycles. The first-order chi connectivity index (χ1) is 25.7. The Hall–Kier alpha value is -5.39. The van der Waals surface area contributed by atoms with Crippen LogP contribution in [0.25, 0.3) is 11.4 Å². The molecule has 3 aliphatic rings. The molecule has 3 aromatic heterocycles. The Labute approximate surface area is 308 Å². The second kappa shape index (κ2) is 14.1. The Balaban J connectivity index is 1.28. The summed E-state index contributed by atoms with van der Waals surface area (Å²) in [5.41, 5.74) is -0.276. The summed E-state index contributed by atoms with van der Waals surface area (Å²) in [7, 11) is 0. The number of nitrogens with zero attached hydrogens (tertiary/aromatic N) is 8. The van der Waals surface area contributed by atoms with Gasteiger partial charge in [-0.3, -0.25) is 14.4 Å². The monoisotopic (exact) mass is 773 g/mol. The van der Waals surface area contributed by atoms with Crippen LogP contribution >= 0.6 is 11.6 Å². The van der Waals surface area contributed by atoms with E-state index in [1.165, 1.54) is 10.9 Å². The molecule has 284 valence electrons. The Kier molecular flexibility index (Phi) is 9.66. The third-order valence-corrected chi connectivity index (χ3v) is 10.5. The summed E-state index contributed by atoms with van der Waals surface area (Å²) in [6.45, 7) is 3.27. The number of aromatic hydroxyl groups is 1. The Morgan fingerprint density at radius 3 is 2.48 bits per heavy atom. The molecular formula is C35H33ClF5N9O4. The van der Waals surface area contributed by atoms with Crippen molar-refractivity contribution in [2.45, 2.75) is 77.2 Å². The third kappa shape index (κ3) is 6.56. The average molecular weight is 774 g/mol. The molecule has 4 aromatic rings. The van der Waals surface area contributed by atoms with Crippen LogP contribution < -0.4 is 15.8 Å². The molecule has 19 heteroatoms. The molecule has 2 N–H and O–H groups in total. The summed E-state index contributed by atoms with van der Waals surface area (Å²) < 4.78 is 68.9. The van der Waals surface area contributed by atoms with Crippen molar-refractivity contribution in [2.24, 2.45) is 0 Å². The highest BCUT2D eigenvalue weighted by molar-refractivity contribution is 6.33. The molecule has 0 spiro atoms. The zero-order chi connectivity index (χ0) is 38.6. The van der Waals surface area contributed by atoms with Gasteiger partial charge in [0.05, 0.1) is 33.7 Å². The van der Waals surface area contributed by atoms with Gasteiger partial charge in [-0.05, 0) is 74.8 Å². The van der Waals surface area contributed by atoms with Gasteiger partial charge in [-0.2, -0.15) is 31.5 Å². The summed E-state index contributed by atoms with van der Waals surface area (Å²) >= 11 is 6.13. The molecular weight excluding hydrogens is 741 g/mol. The largest absolute Gasteiger partial charge is 0.504 e. The van der Waals surface area contributed by atoms with Crippen LogP contribution in [0.15, 0.2) is 47.1 Å². The van der Waals surface area contributed by atoms with Gasteiger partial charge in [0.25, 0.3) is 17.5 Å². The quantitative estimate of drug-likeness (QED) is 0.223. The van der Waals surface area contributed by atoms with E-state index in [-0.39, 0.29) is 102 Å². The molecule has 1 saturated heterocycles. The number of aromatic nitrogens is 6. The van der Waals surface area contributed by atoms with Gasteiger partial charge in [-0.25, -0.2) is 9.97 Å². The van der Waals surface area contributed by atoms with E-state index in [1.54, 1.807) is 24.8 Å². The van der Waals surface area contributed by atoms with Crippen LogP contribution in [-0.2, 0) is 23.9 Å². The van der Waals surface area contributed by atoms with Gasteiger partial charge in [-0.1, -0.05) is 24.6 Å². The van der Waals surface area contributed by atoms with E-state index in [4.69, 9.17) is 11.6 Å². The highest BCUT2D eigenvalue weighted by Crippen LogP contribution is 2.39. The van der Waals surface area contributed by atoms with Crippen LogP contribution in [0.3, 0.4) is 0 Å². The predicted octanol–water partition coefficient (Wildman–Crippen LogP) is 5.78. The second-order valence-electron chi connectivity index (χ2n) is 13.3. The Morgan fingerprint density at radius 1 is 1.09 bits per heavy atom. The average Bonchev–Trinajstić information content (AvgIpc) is 3.57. The molecule has 2 fully saturated rings. The van der Waals surface area contributed by atoms with Gasteiger partial charge in [-0.15, -0.1) is 5.10 Å². The summed E-state index contributed by atoms with van der Waals surface area (Å²) in [5, 5.41) is 17.2. The fourth-order valence-corrected chi connectivity index (χ4v) is 7.53. The summed E-state index contributed by atoms with van der Waals surface area (Å²) in [6.07, 6.45) is -1.89. The zero-order valence-electron chi connectivity index (χ0n) is 28.9. The molecule has 1 saturated carbocycles. The highest BCUT2D eigenvalue weighted by atomic mass is 35.5. The Morgan fingerprint density at radius 2 is 1.85 bits per heavy atom. The molecule has 1 aliphatic heterocycles. The number of halogens is 6. The number of benzene rings is 1. The van der Waals surface area contributed by atoms with E-state index < -0.39 is 41.7 Å². The van der Waals surface area contributed by atoms with Crippen molar-refractivity contribution in [2.75, 3.05) is 23.3 Å². The molecule has 4 heterocycles. The van der Waals surface area contributed by atoms with Crippen LogP contribution in [0.2, 0.25) is 5.02 Å². The first kappa shape index (κ1) is 36.9. The van der Waals surface area contributed by atoms with E-state index >= 15 is 0 Å². The molecule has 13 nitrogen and oxygen atoms in total. The van der Waals surface area contributed by atoms with Gasteiger partial charge < -0.3 is 24.8 Å². The summed E-state index contributed by atoms with van der Waals surface area (Å²) in [5.74, 6) is -1.34. The van der Waals surface area contributed by atoms with E-state index in [9.17, 15) is 41.4 Å². The van der Waals surface area contributed by atoms with Crippen LogP contribution in [0.4, 0.5) is 33.3 Å². The van der Waals surface area contributed by atoms with Crippen molar-refractivity contribution in [3.05, 3.63) is 86.1 Å². The number of piperazine rings is 1. The Bertz CT molecular complexity index is 2320. The predicted molar refractivity (Wildman–Crippen MR) is 186 cm³/mol. The standard InChI is InChI=1S/C35H33ClF5N9O4/c1-3-23-28(47-12-13-48(25-11-10-24(25)47)32(53)27-29(52)17(2)42-16-43-27)33(54)50-34(45-31(46-50)19-6-4-18(5-7-19)30(37)38)49(23)15-26(51)44-22-9-8-20(14-21(22)36)35(39,40)41/h6,8-9,14,16,24-25,52H,3-5,7,10-13,15H2,1-2H3,(H,44,51)/t24-,25-/m0/s1. The first-order valence-electron chi connectivity index (χ1n) is 17.2. The van der Waals surface area contributed by atoms with Gasteiger partial charge in [0.2, 0.25) is 11.7 Å². The fraction of sp³-hybridized carbons (Fsp3) is 0.400. The highest BCUT2D eigenvalue weighted by Gasteiger charge is 2.47. The molecule has 2 amide bonds. The lowest BCUT2D eigenvalue weighted by Gasteiger charge is -2.54. The molecule has 2 atom stereocenters. The van der Waals surface area contributed by atoms with Crippen molar-refractivity contribution in [1.29, 1.82) is 0 Å². The fourth-order valence-electron chi connectivity index (χ4n) is 7.30. The third-order valence-electron chi connectivity index (χ3n) is 10.2. The lowest BCUT2D eigenvalue weighted by Crippen LogP contribution is -2.67. The van der Waals surface area contributed by atoms with Crippen LogP contribution in [0.5, 0.6) is 5.75 Å². The van der Waals surface area contributed by atoms with Gasteiger partial charge >= 0.3 is 6.18 Å². The maximum absolute atomic E-state index is 14.5. The van der Waals surface area contributed by atoms with Crippen molar-refractivity contribution in [3.8, 4) is 5.75 Å². The first-order valence-corrected chi connectivity index (χ1v) is 17.5. The molecule has 2 aliphatic carbocycles. The SMILES string of the molecule is CCc1c(N2CCN(C(=O)c3ncnc(C)c3O)[C@H]3CC[C@@H]32)c(=O)n2nc(C3=CCC(=C(F)F)CC3)nc2n1CC(=O)Nc1ccc(C(F)(F)F)cc1Cl. The van der Waals surface area contributed by atoms with Crippen molar-refractivity contribution >= 4 is 46.1 Å². The molecule has 0 bridgehead atoms. The van der Waals surface area contributed by atoms with Crippen molar-refractivity contribution in [3.63, 3.8) is 0 Å². The van der Waals surface area contributed by atoms with E-state index in [0.29, 0.717) is 30.2 Å². The zero-order valence-corrected chi connectivity index (χ0v) is 29.7. The normalized spacial score (nSPS) is 18.7. The van der Waals surface area contributed by atoms with E-state index in [1.807, 2.05) is 4.90 Å². The topological polar surface area (TPSA) is 151 Å². The summed E-state index contributed by atoms with van der Waals surface area (Å²) in [6, 6.07) is 1.88. The maximum Gasteiger partial charge on any atom is 0.416 e. The van der Waals surface area contributed by atoms with Crippen molar-refractivity contribution < 1.29 is 36.6 Å². The minimum atomic E-state index is -4.65. The molecule has 7 rings (SSSR count). The summed E-state index contributed by atoms with van der Waals surface area (Å²) in [4.78, 5) is 57.8. The number of rotatable bonds is 7. The number of amides is 2. The number of aryl methyl sites for hydroxylation is 1. The minimum Gasteiger partial charge on any atom is -0.504 e. The smallest absolute Gasteiger partial charge is 0.416 e. The number of hydrogen-bond donors (Lipinski definition) is 2. The number of nitrogens with one attached hydrogen (secondary N) is 1. The van der Waals surface area contributed by atoms with Gasteiger partial charge in [0.15, 0.2) is 17.3 Å². The number of fused-ring (bicyclic) bond motifs is 2. The number of hydrogen-bond acceptors (Lipinski definition) is 9.